The smallest absolute Gasteiger partial charge is 0.121 e. The molecule has 0 spiro atoms. The molecule has 0 atom stereocenters. The van der Waals surface area contributed by atoms with Crippen LogP contribution < -0.4 is 4.74 Å². The zero-order valence-electron chi connectivity index (χ0n) is 9.80. The highest BCUT2D eigenvalue weighted by atomic mass is 35.5. The monoisotopic (exact) mass is 258 g/mol. The summed E-state index contributed by atoms with van der Waals surface area (Å²) in [6.07, 6.45) is 1.94. The van der Waals surface area contributed by atoms with Gasteiger partial charge < -0.3 is 4.74 Å². The first-order valence-electron chi connectivity index (χ1n) is 5.56. The van der Waals surface area contributed by atoms with E-state index in [-0.39, 0.29) is 0 Å². The largest absolute Gasteiger partial charge is 0.497 e. The van der Waals surface area contributed by atoms with Crippen LogP contribution in [0.4, 0.5) is 0 Å². The number of rotatable bonds is 2. The molecule has 90 valence electrons. The van der Waals surface area contributed by atoms with Crippen LogP contribution in [0, 0.1) is 0 Å². The summed E-state index contributed by atoms with van der Waals surface area (Å²) >= 11 is 6.19. The number of nitrogens with zero attached hydrogens (tertiary/aromatic N) is 2. The second-order valence-corrected chi connectivity index (χ2v) is 4.36. The summed E-state index contributed by atoms with van der Waals surface area (Å²) < 4.78 is 7.01. The van der Waals surface area contributed by atoms with Crippen molar-refractivity contribution < 1.29 is 4.74 Å². The fraction of sp³-hybridized carbons (Fsp3) is 0.0714. The van der Waals surface area contributed by atoms with Gasteiger partial charge in [0.15, 0.2) is 0 Å². The lowest BCUT2D eigenvalue weighted by molar-refractivity contribution is 0.415. The molecule has 0 bridgehead atoms. The van der Waals surface area contributed by atoms with E-state index >= 15 is 0 Å². The van der Waals surface area contributed by atoms with Crippen molar-refractivity contribution in [2.75, 3.05) is 7.11 Å². The summed E-state index contributed by atoms with van der Waals surface area (Å²) in [5.41, 5.74) is 1.78. The van der Waals surface area contributed by atoms with Gasteiger partial charge >= 0.3 is 0 Å². The van der Waals surface area contributed by atoms with Crippen LogP contribution in [0.3, 0.4) is 0 Å². The zero-order chi connectivity index (χ0) is 12.5. The molecule has 0 amide bonds. The van der Waals surface area contributed by atoms with E-state index in [2.05, 4.69) is 5.10 Å². The third-order valence-corrected chi connectivity index (χ3v) is 3.08. The summed E-state index contributed by atoms with van der Waals surface area (Å²) in [5, 5.41) is 6.04. The van der Waals surface area contributed by atoms with Crippen molar-refractivity contribution >= 4 is 22.5 Å². The first kappa shape index (κ1) is 11.1. The van der Waals surface area contributed by atoms with Gasteiger partial charge in [-0.15, -0.1) is 0 Å². The Kier molecular flexibility index (Phi) is 2.68. The molecular formula is C14H11ClN2O. The Hall–Kier alpha value is -2.00. The molecule has 1 aromatic heterocycles. The summed E-state index contributed by atoms with van der Waals surface area (Å²) in [5.74, 6) is 0.736. The quantitative estimate of drug-likeness (QED) is 0.701. The fourth-order valence-electron chi connectivity index (χ4n) is 1.90. The molecule has 3 aromatic rings. The number of hydrogen-bond acceptors (Lipinski definition) is 2. The number of aromatic nitrogens is 2. The number of para-hydroxylation sites is 1. The third-order valence-electron chi connectivity index (χ3n) is 2.79. The van der Waals surface area contributed by atoms with Crippen LogP contribution in [0.5, 0.6) is 5.75 Å². The van der Waals surface area contributed by atoms with Crippen molar-refractivity contribution in [2.45, 2.75) is 0 Å². The highest BCUT2D eigenvalue weighted by Crippen LogP contribution is 2.28. The number of ether oxygens (including phenoxy) is 1. The van der Waals surface area contributed by atoms with E-state index in [0.29, 0.717) is 5.02 Å². The number of benzene rings is 2. The molecule has 0 aliphatic rings. The lowest BCUT2D eigenvalue weighted by Gasteiger charge is -1.99. The van der Waals surface area contributed by atoms with Crippen LogP contribution in [-0.4, -0.2) is 16.9 Å². The van der Waals surface area contributed by atoms with Gasteiger partial charge in [-0.2, -0.15) is 5.10 Å². The number of methoxy groups -OCH3 is 1. The standard InChI is InChI=1S/C14H11ClN2O/c1-18-12-7-10-9-17(11-5-3-2-4-6-11)16-14(10)13(15)8-12/h2-9H,1H3. The van der Waals surface area contributed by atoms with E-state index in [0.717, 1.165) is 22.3 Å². The molecule has 0 N–H and O–H groups in total. The van der Waals surface area contributed by atoms with E-state index in [1.165, 1.54) is 0 Å². The summed E-state index contributed by atoms with van der Waals surface area (Å²) in [6.45, 7) is 0. The van der Waals surface area contributed by atoms with Gasteiger partial charge in [-0.25, -0.2) is 4.68 Å². The maximum atomic E-state index is 6.19. The lowest BCUT2D eigenvalue weighted by atomic mass is 10.2. The molecule has 2 aromatic carbocycles. The molecule has 0 saturated heterocycles. The van der Waals surface area contributed by atoms with Gasteiger partial charge in [0.2, 0.25) is 0 Å². The van der Waals surface area contributed by atoms with E-state index < -0.39 is 0 Å². The van der Waals surface area contributed by atoms with Crippen LogP contribution in [-0.2, 0) is 0 Å². The predicted molar refractivity (Wildman–Crippen MR) is 72.6 cm³/mol. The molecule has 3 nitrogen and oxygen atoms in total. The second-order valence-electron chi connectivity index (χ2n) is 3.96. The first-order valence-corrected chi connectivity index (χ1v) is 5.94. The maximum Gasteiger partial charge on any atom is 0.121 e. The number of halogens is 1. The molecule has 18 heavy (non-hydrogen) atoms. The average Bonchev–Trinajstić information content (AvgIpc) is 2.84. The van der Waals surface area contributed by atoms with Crippen LogP contribution >= 0.6 is 11.6 Å². The molecule has 0 radical (unpaired) electrons. The normalized spacial score (nSPS) is 10.8. The van der Waals surface area contributed by atoms with Crippen LogP contribution in [0.15, 0.2) is 48.7 Å². The molecular weight excluding hydrogens is 248 g/mol. The Morgan fingerprint density at radius 1 is 1.17 bits per heavy atom. The average molecular weight is 259 g/mol. The van der Waals surface area contributed by atoms with Gasteiger partial charge in [0, 0.05) is 17.6 Å². The van der Waals surface area contributed by atoms with Crippen LogP contribution in [0.1, 0.15) is 0 Å². The predicted octanol–water partition coefficient (Wildman–Crippen LogP) is 3.69. The van der Waals surface area contributed by atoms with Crippen molar-refractivity contribution in [3.05, 3.63) is 53.7 Å². The fourth-order valence-corrected chi connectivity index (χ4v) is 2.15. The number of fused-ring (bicyclic) bond motifs is 1. The Balaban J connectivity index is 2.20. The van der Waals surface area contributed by atoms with Gasteiger partial charge in [0.05, 0.1) is 17.8 Å². The second kappa shape index (κ2) is 4.35. The molecule has 1 heterocycles. The Labute approximate surface area is 110 Å². The zero-order valence-corrected chi connectivity index (χ0v) is 10.6. The lowest BCUT2D eigenvalue weighted by Crippen LogP contribution is -1.92. The summed E-state index contributed by atoms with van der Waals surface area (Å²) in [7, 11) is 1.62. The molecule has 0 aliphatic carbocycles. The maximum absolute atomic E-state index is 6.19. The molecule has 0 saturated carbocycles. The SMILES string of the molecule is COc1cc(Cl)c2nn(-c3ccccc3)cc2c1. The topological polar surface area (TPSA) is 27.1 Å². The molecule has 0 fully saturated rings. The van der Waals surface area contributed by atoms with Gasteiger partial charge in [-0.05, 0) is 18.2 Å². The highest BCUT2D eigenvalue weighted by Gasteiger charge is 2.08. The van der Waals surface area contributed by atoms with E-state index in [9.17, 15) is 0 Å². The number of hydrogen-bond donors (Lipinski definition) is 0. The van der Waals surface area contributed by atoms with Crippen molar-refractivity contribution in [2.24, 2.45) is 0 Å². The Morgan fingerprint density at radius 2 is 1.94 bits per heavy atom. The van der Waals surface area contributed by atoms with Crippen molar-refractivity contribution in [3.8, 4) is 11.4 Å². The minimum absolute atomic E-state index is 0.596. The van der Waals surface area contributed by atoms with E-state index in [1.54, 1.807) is 13.2 Å². The van der Waals surface area contributed by atoms with Gasteiger partial charge in [-0.3, -0.25) is 0 Å². The molecule has 0 aliphatic heterocycles. The summed E-state index contributed by atoms with van der Waals surface area (Å²) in [6, 6.07) is 13.6. The highest BCUT2D eigenvalue weighted by molar-refractivity contribution is 6.35. The molecule has 0 unspecified atom stereocenters. The van der Waals surface area contributed by atoms with Crippen molar-refractivity contribution in [1.82, 2.24) is 9.78 Å². The van der Waals surface area contributed by atoms with E-state index in [4.69, 9.17) is 16.3 Å². The minimum atomic E-state index is 0.596. The first-order chi connectivity index (χ1) is 8.78. The van der Waals surface area contributed by atoms with Crippen molar-refractivity contribution in [1.29, 1.82) is 0 Å². The van der Waals surface area contributed by atoms with Crippen LogP contribution in [0.2, 0.25) is 5.02 Å². The van der Waals surface area contributed by atoms with Crippen molar-refractivity contribution in [3.63, 3.8) is 0 Å². The summed E-state index contributed by atoms with van der Waals surface area (Å²) in [4.78, 5) is 0. The molecule has 4 heteroatoms. The molecule has 3 rings (SSSR count). The van der Waals surface area contributed by atoms with Gasteiger partial charge in [0.25, 0.3) is 0 Å². The third kappa shape index (κ3) is 1.83. The Bertz CT molecular complexity index is 692. The van der Waals surface area contributed by atoms with Gasteiger partial charge in [0.1, 0.15) is 11.3 Å². The van der Waals surface area contributed by atoms with Crippen LogP contribution in [0.25, 0.3) is 16.6 Å². The van der Waals surface area contributed by atoms with Gasteiger partial charge in [-0.1, -0.05) is 29.8 Å². The Morgan fingerprint density at radius 3 is 2.67 bits per heavy atom. The van der Waals surface area contributed by atoms with E-state index in [1.807, 2.05) is 47.3 Å². The minimum Gasteiger partial charge on any atom is -0.497 e.